The van der Waals surface area contributed by atoms with Crippen LogP contribution in [0.3, 0.4) is 0 Å². The lowest BCUT2D eigenvalue weighted by atomic mass is 9.80. The second kappa shape index (κ2) is 3.96. The zero-order valence-electron chi connectivity index (χ0n) is 10.2. The van der Waals surface area contributed by atoms with Crippen LogP contribution in [0.25, 0.3) is 0 Å². The third kappa shape index (κ3) is 2.76. The van der Waals surface area contributed by atoms with Crippen LogP contribution in [-0.2, 0) is 14.3 Å². The van der Waals surface area contributed by atoms with E-state index in [1.54, 1.807) is 6.92 Å². The number of aliphatic hydroxyl groups is 1. The molecule has 0 amide bonds. The summed E-state index contributed by atoms with van der Waals surface area (Å²) < 4.78 is 5.56. The number of hydrogen-bond acceptors (Lipinski definition) is 4. The van der Waals surface area contributed by atoms with E-state index >= 15 is 0 Å². The molecule has 3 N–H and O–H groups in total. The fraction of sp³-hybridized carbons (Fsp3) is 0.818. The lowest BCUT2D eigenvalue weighted by Crippen LogP contribution is -2.47. The van der Waals surface area contributed by atoms with Crippen molar-refractivity contribution in [2.75, 3.05) is 0 Å². The van der Waals surface area contributed by atoms with Crippen molar-refractivity contribution in [3.63, 3.8) is 0 Å². The van der Waals surface area contributed by atoms with E-state index in [0.29, 0.717) is 0 Å². The highest BCUT2D eigenvalue weighted by molar-refractivity contribution is 5.69. The van der Waals surface area contributed by atoms with Gasteiger partial charge in [0.05, 0.1) is 24.0 Å². The molecule has 1 rings (SSSR count). The Balaban J connectivity index is 2.96. The minimum Gasteiger partial charge on any atom is -0.481 e. The first kappa shape index (κ1) is 13.9. The van der Waals surface area contributed by atoms with Gasteiger partial charge in [0.25, 0.3) is 0 Å². The maximum atomic E-state index is 10.8. The largest absolute Gasteiger partial charge is 0.481 e. The quantitative estimate of drug-likeness (QED) is 0.672. The summed E-state index contributed by atoms with van der Waals surface area (Å²) in [6, 6.07) is 0. The Kier molecular flexibility index (Phi) is 3.24. The van der Waals surface area contributed by atoms with Crippen molar-refractivity contribution in [3.05, 3.63) is 0 Å². The van der Waals surface area contributed by atoms with E-state index in [0.717, 1.165) is 0 Å². The van der Waals surface area contributed by atoms with Gasteiger partial charge < -0.3 is 20.1 Å². The van der Waals surface area contributed by atoms with E-state index in [-0.39, 0.29) is 19.3 Å². The average Bonchev–Trinajstić information content (AvgIpc) is 2.11. The zero-order valence-corrected chi connectivity index (χ0v) is 10.2. The summed E-state index contributed by atoms with van der Waals surface area (Å²) in [6.45, 7) is 4.54. The summed E-state index contributed by atoms with van der Waals surface area (Å²) in [5, 5.41) is 27.8. The number of carboxylic acids is 2. The molecular weight excluding hydrogens is 228 g/mol. The Labute approximate surface area is 99.2 Å². The van der Waals surface area contributed by atoms with Crippen molar-refractivity contribution in [2.24, 2.45) is 0 Å². The molecule has 1 fully saturated rings. The van der Waals surface area contributed by atoms with Crippen molar-refractivity contribution < 1.29 is 29.6 Å². The summed E-state index contributed by atoms with van der Waals surface area (Å²) in [6.07, 6.45) is -0.538. The highest BCUT2D eigenvalue weighted by atomic mass is 16.6. The average molecular weight is 246 g/mol. The fourth-order valence-corrected chi connectivity index (χ4v) is 2.54. The number of hydrogen-bond donors (Lipinski definition) is 3. The lowest BCUT2D eigenvalue weighted by Gasteiger charge is -2.34. The molecule has 0 aromatic carbocycles. The van der Waals surface area contributed by atoms with Gasteiger partial charge in [0.2, 0.25) is 0 Å². The first-order chi connectivity index (χ1) is 7.50. The van der Waals surface area contributed by atoms with Gasteiger partial charge in [0.15, 0.2) is 0 Å². The van der Waals surface area contributed by atoms with Crippen LogP contribution in [0.4, 0.5) is 0 Å². The van der Waals surface area contributed by atoms with Gasteiger partial charge in [-0.25, -0.2) is 0 Å². The van der Waals surface area contributed by atoms with Crippen LogP contribution < -0.4 is 0 Å². The molecular formula is C11H18O6. The van der Waals surface area contributed by atoms with Crippen LogP contribution in [0.5, 0.6) is 0 Å². The maximum Gasteiger partial charge on any atom is 0.306 e. The number of carbonyl (C=O) groups is 2. The van der Waals surface area contributed by atoms with Crippen molar-refractivity contribution in [2.45, 2.75) is 56.8 Å². The smallest absolute Gasteiger partial charge is 0.306 e. The van der Waals surface area contributed by atoms with Crippen molar-refractivity contribution in [3.8, 4) is 0 Å². The van der Waals surface area contributed by atoms with Gasteiger partial charge in [0, 0.05) is 6.42 Å². The van der Waals surface area contributed by atoms with E-state index in [4.69, 9.17) is 14.9 Å². The first-order valence-electron chi connectivity index (χ1n) is 5.36. The molecule has 98 valence electrons. The van der Waals surface area contributed by atoms with E-state index in [9.17, 15) is 14.7 Å². The number of ether oxygens (including phenoxy) is 1. The lowest BCUT2D eigenvalue weighted by molar-refractivity contribution is -0.168. The number of aliphatic carboxylic acids is 2. The minimum atomic E-state index is -1.37. The minimum absolute atomic E-state index is 0.0933. The van der Waals surface area contributed by atoms with Gasteiger partial charge in [-0.2, -0.15) is 0 Å². The van der Waals surface area contributed by atoms with Gasteiger partial charge in [-0.1, -0.05) is 0 Å². The Morgan fingerprint density at radius 1 is 1.12 bits per heavy atom. The predicted molar refractivity (Wildman–Crippen MR) is 57.6 cm³/mol. The summed E-state index contributed by atoms with van der Waals surface area (Å²) >= 11 is 0. The van der Waals surface area contributed by atoms with E-state index in [2.05, 4.69) is 0 Å². The molecule has 1 saturated heterocycles. The van der Waals surface area contributed by atoms with E-state index in [1.807, 2.05) is 0 Å². The van der Waals surface area contributed by atoms with Crippen LogP contribution in [0.15, 0.2) is 0 Å². The molecule has 0 aliphatic carbocycles. The van der Waals surface area contributed by atoms with Gasteiger partial charge in [0.1, 0.15) is 5.60 Å². The summed E-state index contributed by atoms with van der Waals surface area (Å²) in [5.41, 5.74) is -3.68. The molecule has 6 nitrogen and oxygen atoms in total. The molecule has 0 spiro atoms. The van der Waals surface area contributed by atoms with Gasteiger partial charge in [-0.05, 0) is 20.8 Å². The monoisotopic (exact) mass is 246 g/mol. The van der Waals surface area contributed by atoms with E-state index in [1.165, 1.54) is 13.8 Å². The summed E-state index contributed by atoms with van der Waals surface area (Å²) in [7, 11) is 0. The van der Waals surface area contributed by atoms with Gasteiger partial charge in [-0.3, -0.25) is 9.59 Å². The number of carboxylic acid groups (broad SMARTS) is 2. The maximum absolute atomic E-state index is 10.8. The second-order valence-electron chi connectivity index (χ2n) is 5.37. The Hall–Kier alpha value is -1.14. The highest BCUT2D eigenvalue weighted by Gasteiger charge is 2.59. The number of rotatable bonds is 4. The van der Waals surface area contributed by atoms with Crippen molar-refractivity contribution in [1.82, 2.24) is 0 Å². The van der Waals surface area contributed by atoms with Crippen LogP contribution >= 0.6 is 0 Å². The second-order valence-corrected chi connectivity index (χ2v) is 5.37. The summed E-state index contributed by atoms with van der Waals surface area (Å²) in [4.78, 5) is 21.5. The molecule has 0 radical (unpaired) electrons. The molecule has 0 aromatic heterocycles. The first-order valence-corrected chi connectivity index (χ1v) is 5.36. The summed E-state index contributed by atoms with van der Waals surface area (Å²) in [5.74, 6) is -2.13. The Bertz CT molecular complexity index is 350. The van der Waals surface area contributed by atoms with Crippen molar-refractivity contribution in [1.29, 1.82) is 0 Å². The normalized spacial score (nSPS) is 41.4. The molecule has 0 saturated carbocycles. The standard InChI is InChI=1S/C11H18O6/c1-9(4-7(12)13)6-10(2,16)11(3,17-9)5-8(14)15/h16H,4-6H2,1-3H3,(H,12,13)(H,14,15)/t9-,10-,11+/m0/s1. The van der Waals surface area contributed by atoms with Crippen LogP contribution in [-0.4, -0.2) is 44.1 Å². The molecule has 6 heteroatoms. The predicted octanol–water partition coefficient (Wildman–Crippen LogP) is 0.625. The molecule has 1 aliphatic heterocycles. The fourth-order valence-electron chi connectivity index (χ4n) is 2.54. The Morgan fingerprint density at radius 2 is 1.59 bits per heavy atom. The van der Waals surface area contributed by atoms with Crippen LogP contribution in [0.1, 0.15) is 40.0 Å². The Morgan fingerprint density at radius 3 is 2.00 bits per heavy atom. The molecule has 0 bridgehead atoms. The molecule has 3 atom stereocenters. The molecule has 0 unspecified atom stereocenters. The van der Waals surface area contributed by atoms with Crippen molar-refractivity contribution >= 4 is 11.9 Å². The van der Waals surface area contributed by atoms with Gasteiger partial charge >= 0.3 is 11.9 Å². The topological polar surface area (TPSA) is 104 Å². The van der Waals surface area contributed by atoms with Gasteiger partial charge in [-0.15, -0.1) is 0 Å². The zero-order chi connectivity index (χ0) is 13.5. The molecule has 1 aliphatic rings. The van der Waals surface area contributed by atoms with E-state index < -0.39 is 28.7 Å². The molecule has 0 aromatic rings. The SMILES string of the molecule is C[C@]1(CC(=O)O)C[C@](C)(O)[C@@](C)(CC(=O)O)O1. The molecule has 1 heterocycles. The third-order valence-electron chi connectivity index (χ3n) is 3.34. The van der Waals surface area contributed by atoms with Crippen LogP contribution in [0.2, 0.25) is 0 Å². The van der Waals surface area contributed by atoms with Crippen LogP contribution in [0, 0.1) is 0 Å². The molecule has 17 heavy (non-hydrogen) atoms. The highest BCUT2D eigenvalue weighted by Crippen LogP contribution is 2.48. The third-order valence-corrected chi connectivity index (χ3v) is 3.34.